The molecule has 2 N–H and O–H groups in total. The van der Waals surface area contributed by atoms with E-state index in [0.29, 0.717) is 12.6 Å². The summed E-state index contributed by atoms with van der Waals surface area (Å²) < 4.78 is 4.49. The summed E-state index contributed by atoms with van der Waals surface area (Å²) in [4.78, 5) is 10.9. The number of esters is 1. The molecule has 1 aliphatic rings. The number of aliphatic hydroxyl groups excluding tert-OH is 1. The molecule has 0 aliphatic heterocycles. The van der Waals surface area contributed by atoms with E-state index < -0.39 is 6.10 Å². The SMILES string of the molecule is COC(=O)CC(O)CNC1CCCCC1. The number of carbonyl (C=O) groups excluding carboxylic acids is 1. The van der Waals surface area contributed by atoms with Crippen molar-refractivity contribution in [2.75, 3.05) is 13.7 Å². The molecule has 0 heterocycles. The summed E-state index contributed by atoms with van der Waals surface area (Å²) in [7, 11) is 1.34. The van der Waals surface area contributed by atoms with Crippen molar-refractivity contribution < 1.29 is 14.6 Å². The molecular weight excluding hydrogens is 194 g/mol. The minimum Gasteiger partial charge on any atom is -0.469 e. The Morgan fingerprint density at radius 1 is 1.47 bits per heavy atom. The van der Waals surface area contributed by atoms with E-state index in [2.05, 4.69) is 10.1 Å². The van der Waals surface area contributed by atoms with Gasteiger partial charge in [0.25, 0.3) is 0 Å². The molecule has 0 aromatic rings. The van der Waals surface area contributed by atoms with Gasteiger partial charge in [0.2, 0.25) is 0 Å². The number of ether oxygens (including phenoxy) is 1. The molecule has 1 saturated carbocycles. The maximum atomic E-state index is 10.9. The average Bonchev–Trinajstić information content (AvgIpc) is 2.27. The van der Waals surface area contributed by atoms with Gasteiger partial charge in [-0.05, 0) is 12.8 Å². The zero-order valence-electron chi connectivity index (χ0n) is 9.37. The third-order valence-electron chi connectivity index (χ3n) is 2.88. The molecule has 0 aromatic heterocycles. The molecule has 0 amide bonds. The number of nitrogens with one attached hydrogen (secondary N) is 1. The molecule has 15 heavy (non-hydrogen) atoms. The lowest BCUT2D eigenvalue weighted by Gasteiger charge is -2.24. The fraction of sp³-hybridized carbons (Fsp3) is 0.909. The fourth-order valence-corrected chi connectivity index (χ4v) is 1.96. The van der Waals surface area contributed by atoms with Gasteiger partial charge >= 0.3 is 5.97 Å². The molecule has 88 valence electrons. The largest absolute Gasteiger partial charge is 0.469 e. The van der Waals surface area contributed by atoms with Crippen molar-refractivity contribution in [2.45, 2.75) is 50.7 Å². The Hall–Kier alpha value is -0.610. The first-order valence-corrected chi connectivity index (χ1v) is 5.70. The number of hydrogen-bond donors (Lipinski definition) is 2. The van der Waals surface area contributed by atoms with Crippen molar-refractivity contribution in [3.05, 3.63) is 0 Å². The van der Waals surface area contributed by atoms with Gasteiger partial charge in [-0.2, -0.15) is 0 Å². The standard InChI is InChI=1S/C11H21NO3/c1-15-11(14)7-10(13)8-12-9-5-3-2-4-6-9/h9-10,12-13H,2-8H2,1H3. The van der Waals surface area contributed by atoms with Crippen LogP contribution in [0.3, 0.4) is 0 Å². The highest BCUT2D eigenvalue weighted by molar-refractivity contribution is 5.69. The van der Waals surface area contributed by atoms with Crippen LogP contribution in [-0.4, -0.2) is 36.9 Å². The first-order chi connectivity index (χ1) is 7.22. The van der Waals surface area contributed by atoms with Gasteiger partial charge in [0, 0.05) is 12.6 Å². The van der Waals surface area contributed by atoms with Crippen molar-refractivity contribution in [1.29, 1.82) is 0 Å². The van der Waals surface area contributed by atoms with Crippen molar-refractivity contribution in [1.82, 2.24) is 5.32 Å². The summed E-state index contributed by atoms with van der Waals surface area (Å²) >= 11 is 0. The average molecular weight is 215 g/mol. The van der Waals surface area contributed by atoms with Gasteiger partial charge in [-0.15, -0.1) is 0 Å². The van der Waals surface area contributed by atoms with Crippen LogP contribution in [-0.2, 0) is 9.53 Å². The van der Waals surface area contributed by atoms with Gasteiger partial charge in [0.15, 0.2) is 0 Å². The first-order valence-electron chi connectivity index (χ1n) is 5.70. The van der Waals surface area contributed by atoms with E-state index in [4.69, 9.17) is 0 Å². The molecule has 1 atom stereocenters. The summed E-state index contributed by atoms with van der Waals surface area (Å²) in [6.07, 6.45) is 5.68. The molecule has 0 radical (unpaired) electrons. The lowest BCUT2D eigenvalue weighted by Crippen LogP contribution is -2.37. The predicted octanol–water partition coefficient (Wildman–Crippen LogP) is 0.833. The maximum absolute atomic E-state index is 10.9. The number of hydrogen-bond acceptors (Lipinski definition) is 4. The number of rotatable bonds is 5. The zero-order chi connectivity index (χ0) is 11.1. The molecule has 4 nitrogen and oxygen atoms in total. The maximum Gasteiger partial charge on any atom is 0.308 e. The highest BCUT2D eigenvalue weighted by atomic mass is 16.5. The molecule has 0 saturated heterocycles. The van der Waals surface area contributed by atoms with Crippen molar-refractivity contribution in [3.8, 4) is 0 Å². The fourth-order valence-electron chi connectivity index (χ4n) is 1.96. The normalized spacial score (nSPS) is 19.9. The first kappa shape index (κ1) is 12.5. The minimum atomic E-state index is -0.626. The summed E-state index contributed by atoms with van der Waals surface area (Å²) in [5, 5.41) is 12.8. The Balaban J connectivity index is 2.09. The molecule has 0 spiro atoms. The van der Waals surface area contributed by atoms with Crippen LogP contribution in [0.2, 0.25) is 0 Å². The van der Waals surface area contributed by atoms with E-state index in [1.54, 1.807) is 0 Å². The highest BCUT2D eigenvalue weighted by Crippen LogP contribution is 2.17. The Morgan fingerprint density at radius 3 is 2.73 bits per heavy atom. The monoisotopic (exact) mass is 215 g/mol. The van der Waals surface area contributed by atoms with Crippen LogP contribution in [0, 0.1) is 0 Å². The van der Waals surface area contributed by atoms with Crippen molar-refractivity contribution in [2.24, 2.45) is 0 Å². The summed E-state index contributed by atoms with van der Waals surface area (Å²) in [5.74, 6) is -0.354. The van der Waals surface area contributed by atoms with Crippen LogP contribution >= 0.6 is 0 Å². The lowest BCUT2D eigenvalue weighted by molar-refractivity contribution is -0.142. The molecule has 1 aliphatic carbocycles. The van der Waals surface area contributed by atoms with Crippen LogP contribution < -0.4 is 5.32 Å². The molecule has 1 fully saturated rings. The summed E-state index contributed by atoms with van der Waals surface area (Å²) in [6.45, 7) is 0.486. The second kappa shape index (κ2) is 6.80. The predicted molar refractivity (Wildman–Crippen MR) is 57.5 cm³/mol. The van der Waals surface area contributed by atoms with Crippen molar-refractivity contribution >= 4 is 5.97 Å². The van der Waals surface area contributed by atoms with Crippen LogP contribution in [0.15, 0.2) is 0 Å². The number of carbonyl (C=O) groups is 1. The van der Waals surface area contributed by atoms with Gasteiger partial charge in [-0.25, -0.2) is 0 Å². The lowest BCUT2D eigenvalue weighted by atomic mass is 9.95. The molecule has 1 rings (SSSR count). The smallest absolute Gasteiger partial charge is 0.308 e. The zero-order valence-corrected chi connectivity index (χ0v) is 9.37. The van der Waals surface area contributed by atoms with Gasteiger partial charge in [0.1, 0.15) is 0 Å². The van der Waals surface area contributed by atoms with Crippen LogP contribution in [0.1, 0.15) is 38.5 Å². The van der Waals surface area contributed by atoms with Crippen LogP contribution in [0.25, 0.3) is 0 Å². The topological polar surface area (TPSA) is 58.6 Å². The van der Waals surface area contributed by atoms with E-state index >= 15 is 0 Å². The Kier molecular flexibility index (Phi) is 5.65. The summed E-state index contributed by atoms with van der Waals surface area (Å²) in [5.41, 5.74) is 0. The molecular formula is C11H21NO3. The van der Waals surface area contributed by atoms with E-state index in [0.717, 1.165) is 0 Å². The summed E-state index contributed by atoms with van der Waals surface area (Å²) in [6, 6.07) is 0.519. The van der Waals surface area contributed by atoms with E-state index in [9.17, 15) is 9.90 Å². The molecule has 4 heteroatoms. The van der Waals surface area contributed by atoms with E-state index in [1.165, 1.54) is 39.2 Å². The quantitative estimate of drug-likeness (QED) is 0.667. The Labute approximate surface area is 91.0 Å². The Morgan fingerprint density at radius 2 is 2.13 bits per heavy atom. The third-order valence-corrected chi connectivity index (χ3v) is 2.88. The highest BCUT2D eigenvalue weighted by Gasteiger charge is 2.15. The second-order valence-corrected chi connectivity index (χ2v) is 4.18. The van der Waals surface area contributed by atoms with Crippen LogP contribution in [0.4, 0.5) is 0 Å². The number of methoxy groups -OCH3 is 1. The third kappa shape index (κ3) is 5.14. The van der Waals surface area contributed by atoms with E-state index in [1.807, 2.05) is 0 Å². The van der Waals surface area contributed by atoms with Gasteiger partial charge in [-0.3, -0.25) is 4.79 Å². The molecule has 1 unspecified atom stereocenters. The Bertz CT molecular complexity index is 190. The molecule has 0 aromatic carbocycles. The van der Waals surface area contributed by atoms with Gasteiger partial charge < -0.3 is 15.2 Å². The van der Waals surface area contributed by atoms with Gasteiger partial charge in [0.05, 0.1) is 19.6 Å². The van der Waals surface area contributed by atoms with Crippen molar-refractivity contribution in [3.63, 3.8) is 0 Å². The van der Waals surface area contributed by atoms with Gasteiger partial charge in [-0.1, -0.05) is 19.3 Å². The van der Waals surface area contributed by atoms with Crippen LogP contribution in [0.5, 0.6) is 0 Å². The molecule has 0 bridgehead atoms. The second-order valence-electron chi connectivity index (χ2n) is 4.18. The van der Waals surface area contributed by atoms with E-state index in [-0.39, 0.29) is 12.4 Å². The number of aliphatic hydroxyl groups is 1. The minimum absolute atomic E-state index is 0.0796.